The van der Waals surface area contributed by atoms with Crippen molar-refractivity contribution >= 4 is 28.2 Å². The van der Waals surface area contributed by atoms with Crippen LogP contribution in [0.2, 0.25) is 0 Å². The van der Waals surface area contributed by atoms with Crippen molar-refractivity contribution in [3.8, 4) is 0 Å². The Labute approximate surface area is 137 Å². The average Bonchev–Trinajstić information content (AvgIpc) is 2.52. The van der Waals surface area contributed by atoms with E-state index in [-0.39, 0.29) is 12.3 Å². The predicted octanol–water partition coefficient (Wildman–Crippen LogP) is 2.67. The molecule has 23 heavy (non-hydrogen) atoms. The van der Waals surface area contributed by atoms with Gasteiger partial charge in [-0.1, -0.05) is 22.9 Å². The maximum atomic E-state index is 11.8. The number of aliphatic imine (C=N–C) groups is 1. The highest BCUT2D eigenvalue weighted by Gasteiger charge is 2.25. The number of benzene rings is 1. The van der Waals surface area contributed by atoms with Gasteiger partial charge in [0.15, 0.2) is 0 Å². The highest BCUT2D eigenvalue weighted by molar-refractivity contribution is 8.23. The number of fused-ring (bicyclic) bond motifs is 1. The third-order valence-corrected chi connectivity index (χ3v) is 4.75. The van der Waals surface area contributed by atoms with Gasteiger partial charge in [-0.2, -0.15) is 0 Å². The molecule has 2 rings (SSSR count). The lowest BCUT2D eigenvalue weighted by atomic mass is 10.2. The molecule has 1 heterocycles. The van der Waals surface area contributed by atoms with Crippen LogP contribution in [0.15, 0.2) is 34.2 Å². The summed E-state index contributed by atoms with van der Waals surface area (Å²) in [5, 5.41) is 2.80. The van der Waals surface area contributed by atoms with Crippen LogP contribution in [-0.2, 0) is 9.53 Å². The predicted molar refractivity (Wildman–Crippen MR) is 91.1 cm³/mol. The average molecular weight is 341 g/mol. The van der Waals surface area contributed by atoms with Crippen LogP contribution in [0.3, 0.4) is 0 Å². The number of nitrogens with zero attached hydrogens (tertiary/aromatic N) is 1. The van der Waals surface area contributed by atoms with Gasteiger partial charge in [0.1, 0.15) is 10.7 Å². The number of hydrogen-bond donors (Lipinski definition) is 4. The first kappa shape index (κ1) is 17.7. The second-order valence-electron chi connectivity index (χ2n) is 5.08. The van der Waals surface area contributed by atoms with Crippen LogP contribution >= 0.6 is 10.8 Å². The molecule has 128 valence electrons. The maximum absolute atomic E-state index is 11.8. The zero-order valence-corrected chi connectivity index (χ0v) is 13.9. The van der Waals surface area contributed by atoms with Gasteiger partial charge in [-0.05, 0) is 25.5 Å². The first-order valence-corrected chi connectivity index (χ1v) is 9.14. The van der Waals surface area contributed by atoms with Crippen molar-refractivity contribution in [1.29, 1.82) is 0 Å². The van der Waals surface area contributed by atoms with Crippen LogP contribution in [0.5, 0.6) is 0 Å². The van der Waals surface area contributed by atoms with Gasteiger partial charge in [-0.25, -0.2) is 4.99 Å². The number of hydrogen-bond acceptors (Lipinski definition) is 6. The Bertz CT molecular complexity index is 578. The summed E-state index contributed by atoms with van der Waals surface area (Å²) >= 11 is 0. The lowest BCUT2D eigenvalue weighted by Gasteiger charge is -2.37. The number of rotatable bonds is 8. The van der Waals surface area contributed by atoms with Gasteiger partial charge in [0, 0.05) is 32.6 Å². The molecule has 1 aromatic carbocycles. The molecule has 0 aliphatic carbocycles. The minimum atomic E-state index is -3.10. The molecule has 1 aromatic rings. The van der Waals surface area contributed by atoms with Gasteiger partial charge in [0.05, 0.1) is 5.69 Å². The fraction of sp³-hybridized carbons (Fsp3) is 0.467. The Hall–Kier alpha value is -1.61. The number of para-hydroxylation sites is 1. The van der Waals surface area contributed by atoms with E-state index >= 15 is 0 Å². The lowest BCUT2D eigenvalue weighted by molar-refractivity contribution is -0.121. The molecule has 0 fully saturated rings. The van der Waals surface area contributed by atoms with Crippen LogP contribution in [0.4, 0.5) is 5.69 Å². The van der Waals surface area contributed by atoms with E-state index < -0.39 is 10.8 Å². The molecule has 7 nitrogen and oxygen atoms in total. The monoisotopic (exact) mass is 341 g/mol. The Morgan fingerprint density at radius 3 is 2.96 bits per heavy atom. The summed E-state index contributed by atoms with van der Waals surface area (Å²) < 4.78 is 28.1. The Morgan fingerprint density at radius 2 is 2.17 bits per heavy atom. The van der Waals surface area contributed by atoms with Crippen LogP contribution < -0.4 is 10.0 Å². The fourth-order valence-corrected chi connectivity index (χ4v) is 3.41. The van der Waals surface area contributed by atoms with E-state index in [9.17, 15) is 13.9 Å². The molecular formula is C15H23N3O4S. The molecule has 1 amide bonds. The van der Waals surface area contributed by atoms with Crippen molar-refractivity contribution < 1.29 is 18.6 Å². The molecule has 0 radical (unpaired) electrons. The fourth-order valence-electron chi connectivity index (χ4n) is 2.15. The van der Waals surface area contributed by atoms with Crippen molar-refractivity contribution in [2.45, 2.75) is 31.1 Å². The number of amides is 1. The topological polar surface area (TPSA) is 103 Å². The standard InChI is InChI=1S/C15H23N3O4S/c1-2-22-11-5-10-16-15(19)9-8-14-17-12-6-3-4-7-13(12)23(20,21)18-14/h3-4,6-7,20-21H,2,5,8-11H2,1H3,(H,16,19)(H,17,18). The number of nitrogens with one attached hydrogen (secondary N) is 2. The van der Waals surface area contributed by atoms with Crippen molar-refractivity contribution in [2.24, 2.45) is 4.99 Å². The zero-order valence-electron chi connectivity index (χ0n) is 13.1. The van der Waals surface area contributed by atoms with E-state index in [0.29, 0.717) is 42.6 Å². The summed E-state index contributed by atoms with van der Waals surface area (Å²) in [6.07, 6.45) is 1.33. The van der Waals surface area contributed by atoms with Crippen LogP contribution in [-0.4, -0.2) is 40.6 Å². The number of amidine groups is 1. The van der Waals surface area contributed by atoms with Crippen molar-refractivity contribution in [1.82, 2.24) is 10.0 Å². The SMILES string of the molecule is CCOCCCNC(=O)CCC1=Nc2ccccc2S(O)(O)N1. The number of carbonyl (C=O) groups is 1. The smallest absolute Gasteiger partial charge is 0.220 e. The zero-order chi connectivity index (χ0) is 16.7. The second-order valence-corrected chi connectivity index (χ2v) is 6.82. The van der Waals surface area contributed by atoms with Gasteiger partial charge in [-0.3, -0.25) is 18.6 Å². The molecule has 4 N–H and O–H groups in total. The van der Waals surface area contributed by atoms with Crippen LogP contribution in [0, 0.1) is 0 Å². The van der Waals surface area contributed by atoms with Crippen LogP contribution in [0.25, 0.3) is 0 Å². The molecule has 0 saturated carbocycles. The first-order valence-electron chi connectivity index (χ1n) is 7.60. The number of carbonyl (C=O) groups excluding carboxylic acids is 1. The second kappa shape index (κ2) is 8.30. The molecule has 1 aliphatic rings. The minimum Gasteiger partial charge on any atom is -0.382 e. The van der Waals surface area contributed by atoms with Gasteiger partial charge >= 0.3 is 0 Å². The normalized spacial score (nSPS) is 16.7. The molecule has 0 unspecified atom stereocenters. The van der Waals surface area contributed by atoms with E-state index in [2.05, 4.69) is 15.0 Å². The molecule has 8 heteroatoms. The maximum Gasteiger partial charge on any atom is 0.220 e. The third kappa shape index (κ3) is 5.21. The van der Waals surface area contributed by atoms with Gasteiger partial charge in [0.25, 0.3) is 0 Å². The Kier molecular flexibility index (Phi) is 6.40. The highest BCUT2D eigenvalue weighted by atomic mass is 32.3. The van der Waals surface area contributed by atoms with E-state index in [1.54, 1.807) is 24.3 Å². The third-order valence-electron chi connectivity index (χ3n) is 3.27. The van der Waals surface area contributed by atoms with E-state index in [0.717, 1.165) is 6.42 Å². The van der Waals surface area contributed by atoms with Gasteiger partial charge in [-0.15, -0.1) is 0 Å². The summed E-state index contributed by atoms with van der Waals surface area (Å²) in [5.74, 6) is 0.314. The summed E-state index contributed by atoms with van der Waals surface area (Å²) in [4.78, 5) is 16.5. The summed E-state index contributed by atoms with van der Waals surface area (Å²) in [7, 11) is -3.10. The summed E-state index contributed by atoms with van der Waals surface area (Å²) in [5.41, 5.74) is 0.526. The molecule has 0 aromatic heterocycles. The molecule has 0 bridgehead atoms. The van der Waals surface area contributed by atoms with Crippen molar-refractivity contribution in [3.63, 3.8) is 0 Å². The number of ether oxygens (including phenoxy) is 1. The highest BCUT2D eigenvalue weighted by Crippen LogP contribution is 2.51. The summed E-state index contributed by atoms with van der Waals surface area (Å²) in [6, 6.07) is 6.86. The lowest BCUT2D eigenvalue weighted by Crippen LogP contribution is -2.32. The molecule has 0 atom stereocenters. The minimum absolute atomic E-state index is 0.0960. The van der Waals surface area contributed by atoms with Crippen molar-refractivity contribution in [3.05, 3.63) is 24.3 Å². The van der Waals surface area contributed by atoms with E-state index in [4.69, 9.17) is 4.74 Å². The van der Waals surface area contributed by atoms with E-state index in [1.807, 2.05) is 6.92 Å². The Morgan fingerprint density at radius 1 is 1.39 bits per heavy atom. The van der Waals surface area contributed by atoms with Crippen LogP contribution in [0.1, 0.15) is 26.2 Å². The molecular weight excluding hydrogens is 318 g/mol. The van der Waals surface area contributed by atoms with Gasteiger partial charge < -0.3 is 10.1 Å². The largest absolute Gasteiger partial charge is 0.382 e. The molecule has 1 aliphatic heterocycles. The van der Waals surface area contributed by atoms with Crippen molar-refractivity contribution in [2.75, 3.05) is 19.8 Å². The summed E-state index contributed by atoms with van der Waals surface area (Å²) in [6.45, 7) is 3.80. The molecule has 0 spiro atoms. The first-order chi connectivity index (χ1) is 11.0. The Balaban J connectivity index is 1.82. The van der Waals surface area contributed by atoms with E-state index in [1.165, 1.54) is 0 Å². The van der Waals surface area contributed by atoms with Gasteiger partial charge in [0.2, 0.25) is 5.91 Å². The quantitative estimate of drug-likeness (QED) is 0.544. The molecule has 0 saturated heterocycles.